The monoisotopic (exact) mass is 225 g/mol. The normalized spacial score (nSPS) is 11.9. The van der Waals surface area contributed by atoms with Crippen LogP contribution >= 0.6 is 12.6 Å². The zero-order valence-electron chi connectivity index (χ0n) is 8.33. The molecule has 0 bridgehead atoms. The lowest BCUT2D eigenvalue weighted by molar-refractivity contribution is 0.0942. The third-order valence-corrected chi connectivity index (χ3v) is 2.19. The van der Waals surface area contributed by atoms with E-state index in [9.17, 15) is 9.18 Å². The molecule has 0 heterocycles. The molecule has 1 rings (SSSR count). The number of rotatable bonds is 3. The zero-order chi connectivity index (χ0) is 11.4. The highest BCUT2D eigenvalue weighted by molar-refractivity contribution is 7.80. The molecule has 15 heavy (non-hydrogen) atoms. The Bertz CT molecular complexity index is 392. The van der Waals surface area contributed by atoms with Gasteiger partial charge < -0.3 is 5.32 Å². The Balaban J connectivity index is 2.90. The first-order valence-electron chi connectivity index (χ1n) is 4.46. The number of hydrogen-bond donors (Lipinski definition) is 2. The number of nitrogens with one attached hydrogen (secondary N) is 1. The standard InChI is InChI=1S/C11H12FNOS/c1-3-7(2)13-11(14)9-6-8(15)4-5-10(9)12/h3-7,15H,1H2,2H3,(H,13,14). The van der Waals surface area contributed by atoms with Crippen molar-refractivity contribution >= 4 is 18.5 Å². The Hall–Kier alpha value is -1.29. The van der Waals surface area contributed by atoms with Crippen LogP contribution in [0, 0.1) is 5.82 Å². The Kier molecular flexibility index (Phi) is 3.91. The Morgan fingerprint density at radius 2 is 2.33 bits per heavy atom. The van der Waals surface area contributed by atoms with Crippen molar-refractivity contribution in [3.05, 3.63) is 42.2 Å². The number of carbonyl (C=O) groups is 1. The molecule has 2 nitrogen and oxygen atoms in total. The maximum Gasteiger partial charge on any atom is 0.254 e. The van der Waals surface area contributed by atoms with Crippen molar-refractivity contribution in [2.75, 3.05) is 0 Å². The van der Waals surface area contributed by atoms with E-state index in [2.05, 4.69) is 24.5 Å². The molecule has 0 saturated heterocycles. The summed E-state index contributed by atoms with van der Waals surface area (Å²) in [5, 5.41) is 2.58. The summed E-state index contributed by atoms with van der Waals surface area (Å²) in [6.45, 7) is 5.28. The van der Waals surface area contributed by atoms with Crippen molar-refractivity contribution in [2.45, 2.75) is 17.9 Å². The second-order valence-corrected chi connectivity index (χ2v) is 3.68. The van der Waals surface area contributed by atoms with Crippen LogP contribution in [-0.4, -0.2) is 11.9 Å². The minimum atomic E-state index is -0.554. The largest absolute Gasteiger partial charge is 0.346 e. The molecule has 1 aromatic rings. The van der Waals surface area contributed by atoms with Gasteiger partial charge in [-0.1, -0.05) is 6.08 Å². The summed E-state index contributed by atoms with van der Waals surface area (Å²) in [4.78, 5) is 12.1. The molecule has 1 aromatic carbocycles. The number of carbonyl (C=O) groups excluding carboxylic acids is 1. The van der Waals surface area contributed by atoms with Gasteiger partial charge in [-0.3, -0.25) is 4.79 Å². The van der Waals surface area contributed by atoms with Crippen LogP contribution in [0.2, 0.25) is 0 Å². The maximum atomic E-state index is 13.3. The molecule has 4 heteroatoms. The van der Waals surface area contributed by atoms with Gasteiger partial charge in [-0.05, 0) is 25.1 Å². The average molecular weight is 225 g/mol. The van der Waals surface area contributed by atoms with Gasteiger partial charge in [0.1, 0.15) is 5.82 Å². The van der Waals surface area contributed by atoms with E-state index in [0.29, 0.717) is 4.90 Å². The van der Waals surface area contributed by atoms with Gasteiger partial charge in [0.05, 0.1) is 5.56 Å². The molecule has 1 N–H and O–H groups in total. The molecule has 1 atom stereocenters. The lowest BCUT2D eigenvalue weighted by atomic mass is 10.2. The lowest BCUT2D eigenvalue weighted by Crippen LogP contribution is -2.31. The van der Waals surface area contributed by atoms with Crippen LogP contribution in [0.3, 0.4) is 0 Å². The summed E-state index contributed by atoms with van der Waals surface area (Å²) < 4.78 is 13.3. The van der Waals surface area contributed by atoms with Crippen LogP contribution < -0.4 is 5.32 Å². The summed E-state index contributed by atoms with van der Waals surface area (Å²) >= 11 is 4.04. The predicted molar refractivity (Wildman–Crippen MR) is 60.8 cm³/mol. The summed E-state index contributed by atoms with van der Waals surface area (Å²) in [5.41, 5.74) is -0.00352. The minimum Gasteiger partial charge on any atom is -0.346 e. The third kappa shape index (κ3) is 3.09. The summed E-state index contributed by atoms with van der Waals surface area (Å²) in [7, 11) is 0. The van der Waals surface area contributed by atoms with E-state index in [1.165, 1.54) is 18.2 Å². The zero-order valence-corrected chi connectivity index (χ0v) is 9.22. The quantitative estimate of drug-likeness (QED) is 0.600. The van der Waals surface area contributed by atoms with Crippen LogP contribution in [0.15, 0.2) is 35.7 Å². The molecule has 0 spiro atoms. The van der Waals surface area contributed by atoms with Gasteiger partial charge in [0, 0.05) is 10.9 Å². The second-order valence-electron chi connectivity index (χ2n) is 3.16. The van der Waals surface area contributed by atoms with Crippen molar-refractivity contribution in [3.8, 4) is 0 Å². The Labute approximate surface area is 93.6 Å². The average Bonchev–Trinajstić information content (AvgIpc) is 2.21. The first kappa shape index (κ1) is 11.8. The first-order chi connectivity index (χ1) is 7.04. The van der Waals surface area contributed by atoms with E-state index < -0.39 is 11.7 Å². The van der Waals surface area contributed by atoms with E-state index in [1.807, 2.05) is 0 Å². The van der Waals surface area contributed by atoms with Crippen LogP contribution in [0.25, 0.3) is 0 Å². The van der Waals surface area contributed by atoms with Gasteiger partial charge in [0.2, 0.25) is 0 Å². The smallest absolute Gasteiger partial charge is 0.254 e. The fourth-order valence-corrected chi connectivity index (χ4v) is 1.23. The molecule has 0 radical (unpaired) electrons. The number of halogens is 1. The van der Waals surface area contributed by atoms with Crippen LogP contribution in [0.4, 0.5) is 4.39 Å². The summed E-state index contributed by atoms with van der Waals surface area (Å²) in [6.07, 6.45) is 1.57. The van der Waals surface area contributed by atoms with E-state index in [1.54, 1.807) is 13.0 Å². The first-order valence-corrected chi connectivity index (χ1v) is 4.91. The summed E-state index contributed by atoms with van der Waals surface area (Å²) in [5.74, 6) is -1.02. The van der Waals surface area contributed by atoms with Gasteiger partial charge in [0.15, 0.2) is 0 Å². The van der Waals surface area contributed by atoms with Gasteiger partial charge in [-0.15, -0.1) is 19.2 Å². The van der Waals surface area contributed by atoms with Gasteiger partial charge in [-0.2, -0.15) is 0 Å². The highest BCUT2D eigenvalue weighted by Crippen LogP contribution is 2.13. The topological polar surface area (TPSA) is 29.1 Å². The van der Waals surface area contributed by atoms with Crippen LogP contribution in [-0.2, 0) is 0 Å². The van der Waals surface area contributed by atoms with E-state index in [4.69, 9.17) is 0 Å². The van der Waals surface area contributed by atoms with Crippen molar-refractivity contribution in [3.63, 3.8) is 0 Å². The lowest BCUT2D eigenvalue weighted by Gasteiger charge is -2.09. The van der Waals surface area contributed by atoms with E-state index in [0.717, 1.165) is 0 Å². The van der Waals surface area contributed by atoms with Crippen molar-refractivity contribution in [1.29, 1.82) is 0 Å². The van der Waals surface area contributed by atoms with E-state index in [-0.39, 0.29) is 11.6 Å². The van der Waals surface area contributed by atoms with Gasteiger partial charge in [-0.25, -0.2) is 4.39 Å². The number of amides is 1. The SMILES string of the molecule is C=CC(C)NC(=O)c1cc(S)ccc1F. The van der Waals surface area contributed by atoms with Crippen molar-refractivity contribution < 1.29 is 9.18 Å². The van der Waals surface area contributed by atoms with Gasteiger partial charge in [0.25, 0.3) is 5.91 Å². The molecule has 0 fully saturated rings. The van der Waals surface area contributed by atoms with Crippen LogP contribution in [0.1, 0.15) is 17.3 Å². The molecule has 0 aromatic heterocycles. The molecular formula is C11H12FNOS. The molecule has 80 valence electrons. The van der Waals surface area contributed by atoms with Crippen molar-refractivity contribution in [2.24, 2.45) is 0 Å². The third-order valence-electron chi connectivity index (χ3n) is 1.91. The summed E-state index contributed by atoms with van der Waals surface area (Å²) in [6, 6.07) is 3.91. The number of benzene rings is 1. The van der Waals surface area contributed by atoms with Crippen molar-refractivity contribution in [1.82, 2.24) is 5.32 Å². The molecule has 0 aliphatic rings. The Morgan fingerprint density at radius 3 is 2.93 bits per heavy atom. The highest BCUT2D eigenvalue weighted by atomic mass is 32.1. The number of thiol groups is 1. The fraction of sp³-hybridized carbons (Fsp3) is 0.182. The van der Waals surface area contributed by atoms with E-state index >= 15 is 0 Å². The molecule has 0 aliphatic carbocycles. The number of hydrogen-bond acceptors (Lipinski definition) is 2. The predicted octanol–water partition coefficient (Wildman–Crippen LogP) is 2.42. The molecule has 0 saturated carbocycles. The van der Waals surface area contributed by atoms with Crippen LogP contribution in [0.5, 0.6) is 0 Å². The molecule has 1 amide bonds. The molecule has 1 unspecified atom stereocenters. The fourth-order valence-electron chi connectivity index (χ4n) is 1.03. The second kappa shape index (κ2) is 4.98. The highest BCUT2D eigenvalue weighted by Gasteiger charge is 2.12. The molecular weight excluding hydrogens is 213 g/mol. The Morgan fingerprint density at radius 1 is 1.67 bits per heavy atom. The molecule has 0 aliphatic heterocycles. The maximum absolute atomic E-state index is 13.3. The van der Waals surface area contributed by atoms with Gasteiger partial charge >= 0.3 is 0 Å². The minimum absolute atomic E-state index is 0.00352.